The monoisotopic (exact) mass is 613 g/mol. The number of nitrogens with one attached hydrogen (secondary N) is 1. The molecule has 0 aromatic heterocycles. The topological polar surface area (TPSA) is 268 Å². The number of benzene rings is 2. The number of phosphoric acid groups is 2. The molecule has 1 unspecified atom stereocenters. The summed E-state index contributed by atoms with van der Waals surface area (Å²) >= 11 is 0. The summed E-state index contributed by atoms with van der Waals surface area (Å²) in [7, 11) is -12.3. The minimum atomic E-state index is -5.18. The number of hydrogen-bond acceptors (Lipinski definition) is 10. The van der Waals surface area contributed by atoms with Gasteiger partial charge in [-0.05, 0) is 39.3 Å². The summed E-state index contributed by atoms with van der Waals surface area (Å²) in [6.45, 7) is 5.86. The van der Waals surface area contributed by atoms with E-state index in [1.54, 1.807) is 44.3 Å². The fourth-order valence-electron chi connectivity index (χ4n) is 3.22. The largest absolute Gasteiger partial charge is 0.481 e. The summed E-state index contributed by atoms with van der Waals surface area (Å²) in [6, 6.07) is 10.4. The average Bonchev–Trinajstić information content (AvgIpc) is 2.75. The van der Waals surface area contributed by atoms with E-state index in [4.69, 9.17) is 9.79 Å². The SMILES string of the molecule is CC(C)=CCCN(C)S(=O)(=O)c1cccc2c(NC/C(C)=C/COP(=O)(O)OP(=O)(O)O)cccc12.N.N.N. The standard InChI is InChI=1S/C22H32N2O9P2S.3H3N/c1-17(2)8-7-14-24(4)36(30,31)22-12-6-9-19-20(22)10-5-11-21(19)23-16-18(3)13-15-32-35(28,29)33-34(25,26)27;;;/h5-6,8-13,23H,7,14-16H2,1-4H3,(H,28,29)(H2,25,26,27);3*1H3/b18-13+;;;. The average molecular weight is 614 g/mol. The van der Waals surface area contributed by atoms with Crippen molar-refractivity contribution in [1.29, 1.82) is 0 Å². The van der Waals surface area contributed by atoms with Crippen molar-refractivity contribution in [3.8, 4) is 0 Å². The van der Waals surface area contributed by atoms with Crippen LogP contribution in [-0.2, 0) is 28.0 Å². The Morgan fingerprint density at radius 1 is 0.974 bits per heavy atom. The molecule has 17 heteroatoms. The highest BCUT2D eigenvalue weighted by molar-refractivity contribution is 7.89. The maximum atomic E-state index is 13.2. The highest BCUT2D eigenvalue weighted by atomic mass is 32.2. The van der Waals surface area contributed by atoms with Crippen molar-refractivity contribution in [2.24, 2.45) is 0 Å². The lowest BCUT2D eigenvalue weighted by Gasteiger charge is -2.19. The Bertz CT molecular complexity index is 1340. The summed E-state index contributed by atoms with van der Waals surface area (Å²) < 4.78 is 58.3. The highest BCUT2D eigenvalue weighted by Gasteiger charge is 2.31. The van der Waals surface area contributed by atoms with Gasteiger partial charge in [0.25, 0.3) is 0 Å². The minimum Gasteiger partial charge on any atom is -0.381 e. The maximum absolute atomic E-state index is 13.2. The van der Waals surface area contributed by atoms with Gasteiger partial charge in [0.15, 0.2) is 0 Å². The van der Waals surface area contributed by atoms with Gasteiger partial charge in [-0.25, -0.2) is 21.9 Å². The van der Waals surface area contributed by atoms with Gasteiger partial charge in [-0.2, -0.15) is 4.31 Å². The van der Waals surface area contributed by atoms with E-state index in [9.17, 15) is 22.4 Å². The summed E-state index contributed by atoms with van der Waals surface area (Å²) in [5.41, 5.74) is 2.49. The fraction of sp³-hybridized carbons (Fsp3) is 0.364. The lowest BCUT2D eigenvalue weighted by Crippen LogP contribution is -2.28. The molecule has 224 valence electrons. The van der Waals surface area contributed by atoms with Crippen LogP contribution >= 0.6 is 15.6 Å². The molecule has 0 heterocycles. The van der Waals surface area contributed by atoms with E-state index in [0.29, 0.717) is 35.0 Å². The van der Waals surface area contributed by atoms with Crippen LogP contribution in [0.25, 0.3) is 10.8 Å². The smallest absolute Gasteiger partial charge is 0.381 e. The first kappa shape index (κ1) is 39.2. The fourth-order valence-corrected chi connectivity index (χ4v) is 6.14. The molecule has 2 aromatic carbocycles. The van der Waals surface area contributed by atoms with E-state index in [-0.39, 0.29) is 29.9 Å². The zero-order chi connectivity index (χ0) is 27.1. The maximum Gasteiger partial charge on any atom is 0.481 e. The Morgan fingerprint density at radius 2 is 1.56 bits per heavy atom. The zero-order valence-electron chi connectivity index (χ0n) is 22.6. The van der Waals surface area contributed by atoms with E-state index in [0.717, 1.165) is 5.57 Å². The third-order valence-electron chi connectivity index (χ3n) is 5.00. The van der Waals surface area contributed by atoms with Crippen molar-refractivity contribution in [2.75, 3.05) is 32.1 Å². The van der Waals surface area contributed by atoms with Gasteiger partial charge in [-0.3, -0.25) is 4.52 Å². The lowest BCUT2D eigenvalue weighted by molar-refractivity contribution is 0.191. The molecule has 13 N–H and O–H groups in total. The number of phosphoric ester groups is 1. The van der Waals surface area contributed by atoms with E-state index in [2.05, 4.69) is 14.2 Å². The van der Waals surface area contributed by atoms with Crippen LogP contribution < -0.4 is 23.8 Å². The predicted molar refractivity (Wildman–Crippen MR) is 154 cm³/mol. The number of allylic oxidation sites excluding steroid dienone is 1. The van der Waals surface area contributed by atoms with Crippen LogP contribution in [0.3, 0.4) is 0 Å². The zero-order valence-corrected chi connectivity index (χ0v) is 25.2. The Balaban J connectivity index is 0. The van der Waals surface area contributed by atoms with Gasteiger partial charge in [0, 0.05) is 36.6 Å². The number of fused-ring (bicyclic) bond motifs is 1. The Hall–Kier alpha value is -1.97. The third kappa shape index (κ3) is 12.4. The van der Waals surface area contributed by atoms with Crippen molar-refractivity contribution in [1.82, 2.24) is 22.8 Å². The van der Waals surface area contributed by atoms with Gasteiger partial charge in [-0.1, -0.05) is 47.6 Å². The molecule has 2 rings (SSSR count). The molecular weight excluding hydrogens is 572 g/mol. The molecule has 0 amide bonds. The van der Waals surface area contributed by atoms with Crippen molar-refractivity contribution in [3.63, 3.8) is 0 Å². The number of nitrogens with zero attached hydrogens (tertiary/aromatic N) is 1. The number of rotatable bonds is 13. The van der Waals surface area contributed by atoms with Crippen LogP contribution in [0.15, 0.2) is 64.6 Å². The van der Waals surface area contributed by atoms with Gasteiger partial charge in [-0.15, -0.1) is 0 Å². The molecule has 14 nitrogen and oxygen atoms in total. The normalized spacial score (nSPS) is 13.5. The first-order chi connectivity index (χ1) is 16.6. The van der Waals surface area contributed by atoms with E-state index < -0.39 is 32.3 Å². The molecule has 0 saturated carbocycles. The molecule has 1 atom stereocenters. The number of sulfonamides is 1. The number of hydrogen-bond donors (Lipinski definition) is 7. The summed E-state index contributed by atoms with van der Waals surface area (Å²) in [5, 5.41) is 4.47. The van der Waals surface area contributed by atoms with Gasteiger partial charge >= 0.3 is 15.6 Å². The van der Waals surface area contributed by atoms with E-state index in [1.807, 2.05) is 26.0 Å². The van der Waals surface area contributed by atoms with Crippen molar-refractivity contribution in [2.45, 2.75) is 32.1 Å². The molecule has 0 bridgehead atoms. The quantitative estimate of drug-likeness (QED) is 0.117. The molecule has 2 aromatic rings. The molecule has 39 heavy (non-hydrogen) atoms. The Morgan fingerprint density at radius 3 is 2.15 bits per heavy atom. The first-order valence-electron chi connectivity index (χ1n) is 10.9. The molecular formula is C22H41N5O9P2S. The summed E-state index contributed by atoms with van der Waals surface area (Å²) in [5.74, 6) is 0. The van der Waals surface area contributed by atoms with Crippen LogP contribution in [0, 0.1) is 0 Å². The second-order valence-electron chi connectivity index (χ2n) is 8.29. The molecule has 0 aliphatic carbocycles. The third-order valence-corrected chi connectivity index (χ3v) is 9.07. The Kier molecular flexibility index (Phi) is 16.4. The summed E-state index contributed by atoms with van der Waals surface area (Å²) in [4.78, 5) is 26.8. The second kappa shape index (κ2) is 16.3. The van der Waals surface area contributed by atoms with Crippen LogP contribution in [0.4, 0.5) is 5.69 Å². The van der Waals surface area contributed by atoms with Gasteiger partial charge in [0.05, 0.1) is 11.5 Å². The molecule has 0 saturated heterocycles. The van der Waals surface area contributed by atoms with Crippen molar-refractivity contribution >= 4 is 42.1 Å². The van der Waals surface area contributed by atoms with Gasteiger partial charge < -0.3 is 38.4 Å². The molecule has 0 aliphatic rings. The summed E-state index contributed by atoms with van der Waals surface area (Å²) in [6.07, 6.45) is 4.05. The molecule has 0 fully saturated rings. The molecule has 0 spiro atoms. The minimum absolute atomic E-state index is 0. The highest BCUT2D eigenvalue weighted by Crippen LogP contribution is 2.57. The van der Waals surface area contributed by atoms with Gasteiger partial charge in [0.2, 0.25) is 10.0 Å². The van der Waals surface area contributed by atoms with Crippen LogP contribution in [0.5, 0.6) is 0 Å². The van der Waals surface area contributed by atoms with E-state index >= 15 is 0 Å². The second-order valence-corrected chi connectivity index (χ2v) is 13.1. The first-order valence-corrected chi connectivity index (χ1v) is 15.3. The van der Waals surface area contributed by atoms with Gasteiger partial charge in [0.1, 0.15) is 0 Å². The van der Waals surface area contributed by atoms with Crippen molar-refractivity contribution < 1.29 is 41.1 Å². The molecule has 0 radical (unpaired) electrons. The van der Waals surface area contributed by atoms with Crippen molar-refractivity contribution in [3.05, 3.63) is 59.7 Å². The molecule has 0 aliphatic heterocycles. The Labute approximate surface area is 229 Å². The van der Waals surface area contributed by atoms with Crippen LogP contribution in [0.1, 0.15) is 27.2 Å². The predicted octanol–water partition coefficient (Wildman–Crippen LogP) is 4.89. The van der Waals surface area contributed by atoms with Crippen LogP contribution in [0.2, 0.25) is 0 Å². The number of anilines is 1. The van der Waals surface area contributed by atoms with Crippen LogP contribution in [-0.4, -0.2) is 54.1 Å². The van der Waals surface area contributed by atoms with E-state index in [1.165, 1.54) is 10.4 Å². The lowest BCUT2D eigenvalue weighted by atomic mass is 10.1.